The molecule has 3 aliphatic rings. The molecule has 6 atom stereocenters. The van der Waals surface area contributed by atoms with E-state index in [1.807, 2.05) is 0 Å². The van der Waals surface area contributed by atoms with Crippen molar-refractivity contribution in [2.75, 3.05) is 13.7 Å². The number of hydrogen-bond acceptors (Lipinski definition) is 4. The smallest absolute Gasteiger partial charge is 0.213 e. The van der Waals surface area contributed by atoms with E-state index in [2.05, 4.69) is 25.2 Å². The highest BCUT2D eigenvalue weighted by Crippen LogP contribution is 2.45. The molecule has 0 fully saturated rings. The van der Waals surface area contributed by atoms with Gasteiger partial charge in [-0.3, -0.25) is 0 Å². The largest absolute Gasteiger partial charge is 0.392 e. The average molecular weight is 306 g/mol. The summed E-state index contributed by atoms with van der Waals surface area (Å²) in [4.78, 5) is 0. The van der Waals surface area contributed by atoms with Gasteiger partial charge in [-0.1, -0.05) is 25.2 Å². The van der Waals surface area contributed by atoms with Crippen molar-refractivity contribution in [3.05, 3.63) is 36.0 Å². The lowest BCUT2D eigenvalue weighted by Crippen LogP contribution is -2.54. The predicted octanol–water partition coefficient (Wildman–Crippen LogP) is 2.19. The van der Waals surface area contributed by atoms with Crippen molar-refractivity contribution in [1.82, 2.24) is 0 Å². The second kappa shape index (κ2) is 5.60. The number of rotatable bonds is 2. The molecule has 122 valence electrons. The summed E-state index contributed by atoms with van der Waals surface area (Å²) in [6, 6.07) is 0. The van der Waals surface area contributed by atoms with Crippen molar-refractivity contribution in [3.63, 3.8) is 0 Å². The molecule has 0 saturated carbocycles. The third kappa shape index (κ3) is 2.48. The number of methoxy groups -OCH3 is 1. The highest BCUT2D eigenvalue weighted by Gasteiger charge is 2.48. The Labute approximate surface area is 132 Å². The van der Waals surface area contributed by atoms with Crippen LogP contribution in [0.1, 0.15) is 26.7 Å². The molecule has 2 N–H and O–H groups in total. The summed E-state index contributed by atoms with van der Waals surface area (Å²) in [7, 11) is 1.58. The van der Waals surface area contributed by atoms with E-state index >= 15 is 0 Å². The number of allylic oxidation sites excluding steroid dienone is 3. The van der Waals surface area contributed by atoms with E-state index in [1.54, 1.807) is 26.2 Å². The molecule has 1 aliphatic carbocycles. The molecule has 0 amide bonds. The van der Waals surface area contributed by atoms with E-state index in [1.165, 1.54) is 0 Å². The second-order valence-corrected chi connectivity index (χ2v) is 6.98. The van der Waals surface area contributed by atoms with Crippen molar-refractivity contribution in [1.29, 1.82) is 0 Å². The minimum atomic E-state index is -1.06. The summed E-state index contributed by atoms with van der Waals surface area (Å²) in [6.45, 7) is 3.85. The van der Waals surface area contributed by atoms with Gasteiger partial charge in [-0.25, -0.2) is 0 Å². The lowest BCUT2D eigenvalue weighted by molar-refractivity contribution is -0.241. The van der Waals surface area contributed by atoms with Crippen LogP contribution in [0.25, 0.3) is 0 Å². The third-order valence-electron chi connectivity index (χ3n) is 5.47. The van der Waals surface area contributed by atoms with E-state index in [-0.39, 0.29) is 12.7 Å². The van der Waals surface area contributed by atoms with Crippen molar-refractivity contribution < 1.29 is 19.7 Å². The fourth-order valence-electron chi connectivity index (χ4n) is 3.98. The maximum Gasteiger partial charge on any atom is 0.213 e. The molecule has 0 radical (unpaired) electrons. The standard InChI is InChI=1S/C18H26O4/c1-12-5-4-6-13-9-16-17(2,20)7-8-18(21-3,22-16)14(11-19)10-15(12)13/h4-5,7-8,10,12-13,15-16,19-20H,6,9,11H2,1-3H3/b14-10-/t12-,13-,15-,16-,17-,18-/m1/s1. The summed E-state index contributed by atoms with van der Waals surface area (Å²) in [5.74, 6) is 0.0739. The SMILES string of the molecule is CO[C@@]12C=C[C@@](C)(O)[C@@H](C[C@H]3CC=C[C@@H](C)[C@H]3/C=C\1CO)O2. The Morgan fingerprint density at radius 3 is 2.86 bits per heavy atom. The van der Waals surface area contributed by atoms with Crippen LogP contribution in [0.4, 0.5) is 0 Å². The maximum atomic E-state index is 10.7. The Balaban J connectivity index is 2.11. The summed E-state index contributed by atoms with van der Waals surface area (Å²) < 4.78 is 11.8. The van der Waals surface area contributed by atoms with Gasteiger partial charge < -0.3 is 19.7 Å². The monoisotopic (exact) mass is 306 g/mol. The lowest BCUT2D eigenvalue weighted by atomic mass is 9.70. The first kappa shape index (κ1) is 15.9. The molecule has 0 spiro atoms. The van der Waals surface area contributed by atoms with Crippen LogP contribution in [-0.4, -0.2) is 41.4 Å². The lowest BCUT2D eigenvalue weighted by Gasteiger charge is -2.48. The number of hydrogen-bond donors (Lipinski definition) is 2. The molecule has 0 saturated heterocycles. The topological polar surface area (TPSA) is 58.9 Å². The predicted molar refractivity (Wildman–Crippen MR) is 84.1 cm³/mol. The average Bonchev–Trinajstić information content (AvgIpc) is 2.47. The summed E-state index contributed by atoms with van der Waals surface area (Å²) >= 11 is 0. The minimum absolute atomic E-state index is 0.118. The van der Waals surface area contributed by atoms with Gasteiger partial charge >= 0.3 is 0 Å². The van der Waals surface area contributed by atoms with Gasteiger partial charge in [0, 0.05) is 12.7 Å². The Hall–Kier alpha value is -0.940. The van der Waals surface area contributed by atoms with Crippen LogP contribution in [0.2, 0.25) is 0 Å². The summed E-state index contributed by atoms with van der Waals surface area (Å²) in [6.07, 6.45) is 11.5. The van der Waals surface area contributed by atoms with Gasteiger partial charge in [-0.15, -0.1) is 0 Å². The number of ether oxygens (including phenoxy) is 2. The summed E-state index contributed by atoms with van der Waals surface area (Å²) in [5.41, 5.74) is -0.293. The molecule has 0 aromatic heterocycles. The maximum absolute atomic E-state index is 10.7. The molecule has 4 nitrogen and oxygen atoms in total. The Bertz CT molecular complexity index is 519. The van der Waals surface area contributed by atoms with Crippen molar-refractivity contribution >= 4 is 0 Å². The molecule has 0 aromatic carbocycles. The van der Waals surface area contributed by atoms with Crippen LogP contribution in [0.15, 0.2) is 36.0 Å². The van der Waals surface area contributed by atoms with E-state index in [9.17, 15) is 10.2 Å². The van der Waals surface area contributed by atoms with Gasteiger partial charge in [0.15, 0.2) is 0 Å². The van der Waals surface area contributed by atoms with Crippen LogP contribution >= 0.6 is 0 Å². The first-order valence-electron chi connectivity index (χ1n) is 8.06. The molecular formula is C18H26O4. The van der Waals surface area contributed by atoms with E-state index in [0.29, 0.717) is 17.8 Å². The highest BCUT2D eigenvalue weighted by molar-refractivity contribution is 5.30. The van der Waals surface area contributed by atoms with Crippen molar-refractivity contribution in [3.8, 4) is 0 Å². The van der Waals surface area contributed by atoms with Crippen LogP contribution < -0.4 is 0 Å². The quantitative estimate of drug-likeness (QED) is 0.768. The molecule has 2 heterocycles. The molecule has 22 heavy (non-hydrogen) atoms. The number of fused-ring (bicyclic) bond motifs is 3. The molecule has 2 bridgehead atoms. The normalized spacial score (nSPS) is 49.8. The van der Waals surface area contributed by atoms with E-state index < -0.39 is 11.4 Å². The Kier molecular flexibility index (Phi) is 4.06. The van der Waals surface area contributed by atoms with Gasteiger partial charge in [0.2, 0.25) is 5.79 Å². The zero-order valence-corrected chi connectivity index (χ0v) is 13.5. The van der Waals surface area contributed by atoms with Crippen LogP contribution in [0.5, 0.6) is 0 Å². The molecule has 0 unspecified atom stereocenters. The first-order chi connectivity index (χ1) is 10.4. The first-order valence-corrected chi connectivity index (χ1v) is 8.06. The molecular weight excluding hydrogens is 280 g/mol. The zero-order chi connectivity index (χ0) is 16.0. The third-order valence-corrected chi connectivity index (χ3v) is 5.47. The van der Waals surface area contributed by atoms with Gasteiger partial charge in [-0.2, -0.15) is 0 Å². The zero-order valence-electron chi connectivity index (χ0n) is 13.5. The number of aliphatic hydroxyl groups excluding tert-OH is 1. The fourth-order valence-corrected chi connectivity index (χ4v) is 3.98. The summed E-state index contributed by atoms with van der Waals surface area (Å²) in [5, 5.41) is 20.5. The molecule has 0 aromatic rings. The minimum Gasteiger partial charge on any atom is -0.392 e. The van der Waals surface area contributed by atoms with Gasteiger partial charge in [0.1, 0.15) is 5.60 Å². The molecule has 4 heteroatoms. The molecule has 2 aliphatic heterocycles. The van der Waals surface area contributed by atoms with Crippen LogP contribution in [-0.2, 0) is 9.47 Å². The van der Waals surface area contributed by atoms with Crippen LogP contribution in [0, 0.1) is 17.8 Å². The van der Waals surface area contributed by atoms with Gasteiger partial charge in [-0.05, 0) is 49.7 Å². The Morgan fingerprint density at radius 2 is 2.18 bits per heavy atom. The van der Waals surface area contributed by atoms with Gasteiger partial charge in [0.05, 0.1) is 12.7 Å². The number of aliphatic hydroxyl groups is 2. The van der Waals surface area contributed by atoms with E-state index in [0.717, 1.165) is 18.4 Å². The van der Waals surface area contributed by atoms with Crippen LogP contribution in [0.3, 0.4) is 0 Å². The van der Waals surface area contributed by atoms with E-state index in [4.69, 9.17) is 9.47 Å². The second-order valence-electron chi connectivity index (χ2n) is 6.98. The molecule has 3 rings (SSSR count). The van der Waals surface area contributed by atoms with Crippen molar-refractivity contribution in [2.45, 2.75) is 44.2 Å². The Morgan fingerprint density at radius 1 is 1.41 bits per heavy atom. The highest BCUT2D eigenvalue weighted by atomic mass is 16.7. The van der Waals surface area contributed by atoms with Gasteiger partial charge in [0.25, 0.3) is 0 Å². The fraction of sp³-hybridized carbons (Fsp3) is 0.667. The van der Waals surface area contributed by atoms with Crippen molar-refractivity contribution in [2.24, 2.45) is 17.8 Å².